The van der Waals surface area contributed by atoms with Crippen molar-refractivity contribution in [3.8, 4) is 0 Å². The van der Waals surface area contributed by atoms with Gasteiger partial charge in [-0.1, -0.05) is 6.92 Å². The first kappa shape index (κ1) is 14.1. The van der Waals surface area contributed by atoms with Crippen molar-refractivity contribution in [2.75, 3.05) is 20.3 Å². The molecule has 1 atom stereocenters. The van der Waals surface area contributed by atoms with E-state index in [1.807, 2.05) is 6.92 Å². The van der Waals surface area contributed by atoms with Gasteiger partial charge in [-0.3, -0.25) is 0 Å². The molecule has 0 radical (unpaired) electrons. The molecule has 1 rings (SSSR count). The van der Waals surface area contributed by atoms with Gasteiger partial charge in [0, 0.05) is 19.7 Å². The minimum absolute atomic E-state index is 0.125. The zero-order valence-electron chi connectivity index (χ0n) is 10.6. The second-order valence-electron chi connectivity index (χ2n) is 3.85. The van der Waals surface area contributed by atoms with Gasteiger partial charge in [-0.05, 0) is 13.8 Å². The number of ether oxygens (including phenoxy) is 1. The maximum atomic E-state index is 12.3. The van der Waals surface area contributed by atoms with Crippen LogP contribution >= 0.6 is 0 Å². The quantitative estimate of drug-likeness (QED) is 0.820. The Bertz CT molecular complexity index is 455. The number of rotatable bonds is 6. The molecule has 98 valence electrons. The van der Waals surface area contributed by atoms with E-state index in [-0.39, 0.29) is 11.1 Å². The van der Waals surface area contributed by atoms with Gasteiger partial charge in [0.25, 0.3) is 10.0 Å². The molecule has 0 aliphatic rings. The topological polar surface area (TPSA) is 75.3 Å². The van der Waals surface area contributed by atoms with E-state index in [2.05, 4.69) is 9.97 Å². The Morgan fingerprint density at radius 1 is 1.59 bits per heavy atom. The Morgan fingerprint density at radius 2 is 2.24 bits per heavy atom. The van der Waals surface area contributed by atoms with Crippen LogP contribution in [-0.4, -0.2) is 49.0 Å². The van der Waals surface area contributed by atoms with E-state index in [9.17, 15) is 8.42 Å². The highest BCUT2D eigenvalue weighted by Gasteiger charge is 2.29. The van der Waals surface area contributed by atoms with E-state index in [0.29, 0.717) is 19.0 Å². The molecule has 0 aliphatic carbocycles. The molecule has 17 heavy (non-hydrogen) atoms. The van der Waals surface area contributed by atoms with Crippen LogP contribution < -0.4 is 0 Å². The molecule has 0 amide bonds. The summed E-state index contributed by atoms with van der Waals surface area (Å²) in [5.74, 6) is 0.582. The number of sulfonamides is 1. The molecule has 1 N–H and O–H groups in total. The van der Waals surface area contributed by atoms with Crippen molar-refractivity contribution in [3.05, 3.63) is 12.0 Å². The zero-order chi connectivity index (χ0) is 13.1. The summed E-state index contributed by atoms with van der Waals surface area (Å²) >= 11 is 0. The van der Waals surface area contributed by atoms with Gasteiger partial charge in [0.15, 0.2) is 5.03 Å². The van der Waals surface area contributed by atoms with Crippen LogP contribution in [0.3, 0.4) is 0 Å². The van der Waals surface area contributed by atoms with Crippen LogP contribution in [0.1, 0.15) is 19.7 Å². The molecule has 7 heteroatoms. The number of aromatic nitrogens is 2. The van der Waals surface area contributed by atoms with Crippen molar-refractivity contribution in [3.63, 3.8) is 0 Å². The number of methoxy groups -OCH3 is 1. The lowest BCUT2D eigenvalue weighted by atomic mass is 10.4. The van der Waals surface area contributed by atoms with Gasteiger partial charge in [-0.25, -0.2) is 13.4 Å². The Morgan fingerprint density at radius 3 is 2.65 bits per heavy atom. The summed E-state index contributed by atoms with van der Waals surface area (Å²) in [6.07, 6.45) is 1.34. The lowest BCUT2D eigenvalue weighted by Crippen LogP contribution is -2.41. The largest absolute Gasteiger partial charge is 0.383 e. The Labute approximate surface area is 102 Å². The SMILES string of the molecule is CCN(C(C)COC)S(=O)(=O)c1cnc(C)[nH]1. The summed E-state index contributed by atoms with van der Waals surface area (Å²) in [5, 5.41) is 0.125. The van der Waals surface area contributed by atoms with Crippen molar-refractivity contribution < 1.29 is 13.2 Å². The number of aryl methyl sites for hydroxylation is 1. The van der Waals surface area contributed by atoms with E-state index in [1.165, 1.54) is 10.5 Å². The third kappa shape index (κ3) is 3.05. The second-order valence-corrected chi connectivity index (χ2v) is 5.70. The first-order valence-corrected chi connectivity index (χ1v) is 6.89. The summed E-state index contributed by atoms with van der Waals surface area (Å²) in [6.45, 7) is 6.08. The van der Waals surface area contributed by atoms with Crippen molar-refractivity contribution in [1.29, 1.82) is 0 Å². The van der Waals surface area contributed by atoms with Gasteiger partial charge in [-0.15, -0.1) is 0 Å². The van der Waals surface area contributed by atoms with E-state index in [1.54, 1.807) is 21.0 Å². The number of likely N-dealkylation sites (N-methyl/N-ethyl adjacent to an activating group) is 1. The molecule has 0 aliphatic heterocycles. The molecule has 1 aromatic heterocycles. The molecule has 0 bridgehead atoms. The summed E-state index contributed by atoms with van der Waals surface area (Å²) in [4.78, 5) is 6.66. The normalized spacial score (nSPS) is 14.2. The maximum Gasteiger partial charge on any atom is 0.260 e. The maximum absolute atomic E-state index is 12.3. The second kappa shape index (κ2) is 5.61. The van der Waals surface area contributed by atoms with E-state index >= 15 is 0 Å². The third-order valence-corrected chi connectivity index (χ3v) is 4.48. The lowest BCUT2D eigenvalue weighted by Gasteiger charge is -2.25. The minimum atomic E-state index is -3.52. The van der Waals surface area contributed by atoms with Gasteiger partial charge in [0.2, 0.25) is 0 Å². The predicted octanol–water partition coefficient (Wildman–Crippen LogP) is 0.764. The number of nitrogens with zero attached hydrogens (tertiary/aromatic N) is 2. The standard InChI is InChI=1S/C10H19N3O3S/c1-5-13(8(2)7-16-4)17(14,15)10-6-11-9(3)12-10/h6,8H,5,7H2,1-4H3,(H,11,12). The van der Waals surface area contributed by atoms with Crippen LogP contribution in [0.2, 0.25) is 0 Å². The monoisotopic (exact) mass is 261 g/mol. The van der Waals surface area contributed by atoms with Crippen LogP contribution in [0, 0.1) is 6.92 Å². The van der Waals surface area contributed by atoms with Gasteiger partial charge in [0.1, 0.15) is 5.82 Å². The number of imidazole rings is 1. The molecule has 1 heterocycles. The molecule has 6 nitrogen and oxygen atoms in total. The smallest absolute Gasteiger partial charge is 0.260 e. The highest BCUT2D eigenvalue weighted by molar-refractivity contribution is 7.89. The summed E-state index contributed by atoms with van der Waals surface area (Å²) in [5.41, 5.74) is 0. The fourth-order valence-electron chi connectivity index (χ4n) is 1.70. The van der Waals surface area contributed by atoms with Gasteiger partial charge in [0.05, 0.1) is 12.8 Å². The number of hydrogen-bond acceptors (Lipinski definition) is 4. The molecule has 0 fully saturated rings. The van der Waals surface area contributed by atoms with Crippen molar-refractivity contribution in [1.82, 2.24) is 14.3 Å². The van der Waals surface area contributed by atoms with Crippen molar-refractivity contribution in [2.24, 2.45) is 0 Å². The van der Waals surface area contributed by atoms with Gasteiger partial charge >= 0.3 is 0 Å². The summed E-state index contributed by atoms with van der Waals surface area (Å²) in [7, 11) is -1.96. The van der Waals surface area contributed by atoms with Crippen LogP contribution in [0.4, 0.5) is 0 Å². The fraction of sp³-hybridized carbons (Fsp3) is 0.700. The number of hydrogen-bond donors (Lipinski definition) is 1. The molecule has 0 aromatic carbocycles. The molecule has 0 spiro atoms. The highest BCUT2D eigenvalue weighted by atomic mass is 32.2. The Balaban J connectivity index is 3.02. The lowest BCUT2D eigenvalue weighted by molar-refractivity contribution is 0.142. The molecule has 1 unspecified atom stereocenters. The molecular formula is C10H19N3O3S. The van der Waals surface area contributed by atoms with Gasteiger partial charge < -0.3 is 9.72 Å². The molecule has 0 saturated carbocycles. The average Bonchev–Trinajstić information content (AvgIpc) is 2.66. The number of H-pyrrole nitrogens is 1. The Hall–Kier alpha value is -0.920. The first-order valence-electron chi connectivity index (χ1n) is 5.45. The molecular weight excluding hydrogens is 242 g/mol. The van der Waals surface area contributed by atoms with Crippen LogP contribution in [0.25, 0.3) is 0 Å². The fourth-order valence-corrected chi connectivity index (χ4v) is 3.29. The van der Waals surface area contributed by atoms with E-state index in [0.717, 1.165) is 0 Å². The number of nitrogens with one attached hydrogen (secondary N) is 1. The van der Waals surface area contributed by atoms with Crippen molar-refractivity contribution >= 4 is 10.0 Å². The summed E-state index contributed by atoms with van der Waals surface area (Å²) < 4.78 is 31.0. The van der Waals surface area contributed by atoms with Crippen LogP contribution in [0.15, 0.2) is 11.2 Å². The van der Waals surface area contributed by atoms with E-state index in [4.69, 9.17) is 4.74 Å². The third-order valence-electron chi connectivity index (χ3n) is 2.48. The zero-order valence-corrected chi connectivity index (χ0v) is 11.4. The first-order chi connectivity index (χ1) is 7.93. The Kier molecular flexibility index (Phi) is 4.67. The van der Waals surface area contributed by atoms with Crippen LogP contribution in [-0.2, 0) is 14.8 Å². The van der Waals surface area contributed by atoms with E-state index < -0.39 is 10.0 Å². The van der Waals surface area contributed by atoms with Gasteiger partial charge in [-0.2, -0.15) is 4.31 Å². The summed E-state index contributed by atoms with van der Waals surface area (Å²) in [6, 6.07) is -0.210. The van der Waals surface area contributed by atoms with Crippen LogP contribution in [0.5, 0.6) is 0 Å². The number of aromatic amines is 1. The van der Waals surface area contributed by atoms with Crippen molar-refractivity contribution in [2.45, 2.75) is 31.8 Å². The molecule has 1 aromatic rings. The predicted molar refractivity (Wildman–Crippen MR) is 64.2 cm³/mol. The highest BCUT2D eigenvalue weighted by Crippen LogP contribution is 2.16. The molecule has 0 saturated heterocycles. The average molecular weight is 261 g/mol. The minimum Gasteiger partial charge on any atom is -0.383 e.